The summed E-state index contributed by atoms with van der Waals surface area (Å²) in [5, 5.41) is 3.18. The fraction of sp³-hybridized carbons (Fsp3) is 0.636. The highest BCUT2D eigenvalue weighted by Crippen LogP contribution is 2.29. The molecule has 1 aliphatic carbocycles. The summed E-state index contributed by atoms with van der Waals surface area (Å²) >= 11 is 0. The summed E-state index contributed by atoms with van der Waals surface area (Å²) in [7, 11) is 0. The maximum atomic E-state index is 12.5. The first kappa shape index (κ1) is 18.0. The average Bonchev–Trinajstić information content (AvgIpc) is 3.48. The van der Waals surface area contributed by atoms with Crippen LogP contribution in [0.5, 0.6) is 0 Å². The van der Waals surface area contributed by atoms with Crippen LogP contribution < -0.4 is 10.2 Å². The number of para-hydroxylation sites is 2. The van der Waals surface area contributed by atoms with Crippen molar-refractivity contribution in [2.24, 2.45) is 11.8 Å². The van der Waals surface area contributed by atoms with Gasteiger partial charge in [-0.1, -0.05) is 12.1 Å². The van der Waals surface area contributed by atoms with Crippen molar-refractivity contribution in [1.29, 1.82) is 0 Å². The predicted octanol–water partition coefficient (Wildman–Crippen LogP) is 3.03. The van der Waals surface area contributed by atoms with Crippen LogP contribution in [-0.2, 0) is 4.79 Å². The molecule has 2 aromatic rings. The minimum atomic E-state index is 0.169. The number of hydrogen-bond donors (Lipinski definition) is 1. The molecule has 3 heterocycles. The minimum Gasteiger partial charge on any atom is -0.423 e. The SMILES string of the molecule is O=C(NCC1CC1)[C@@H]1CCCN(C2CCN(c3nc4ccccc4o3)CC2)C1. The summed E-state index contributed by atoms with van der Waals surface area (Å²) in [5.41, 5.74) is 1.78. The molecule has 28 heavy (non-hydrogen) atoms. The van der Waals surface area contributed by atoms with Gasteiger partial charge >= 0.3 is 0 Å². The maximum Gasteiger partial charge on any atom is 0.298 e. The lowest BCUT2D eigenvalue weighted by molar-refractivity contribution is -0.127. The average molecular weight is 383 g/mol. The Morgan fingerprint density at radius 3 is 2.71 bits per heavy atom. The second kappa shape index (κ2) is 7.74. The topological polar surface area (TPSA) is 61.6 Å². The molecule has 0 unspecified atom stereocenters. The third-order valence-corrected chi connectivity index (χ3v) is 6.62. The second-order valence-electron chi connectivity index (χ2n) is 8.71. The van der Waals surface area contributed by atoms with Crippen molar-refractivity contribution in [3.05, 3.63) is 24.3 Å². The van der Waals surface area contributed by atoms with Gasteiger partial charge in [0.25, 0.3) is 6.01 Å². The van der Waals surface area contributed by atoms with E-state index in [1.807, 2.05) is 24.3 Å². The lowest BCUT2D eigenvalue weighted by Gasteiger charge is -2.41. The summed E-state index contributed by atoms with van der Waals surface area (Å²) in [6, 6.07) is 9.26. The first-order valence-electron chi connectivity index (χ1n) is 10.9. The number of hydrogen-bond acceptors (Lipinski definition) is 5. The molecule has 3 aliphatic rings. The number of oxazole rings is 1. The van der Waals surface area contributed by atoms with Crippen LogP contribution in [0.4, 0.5) is 6.01 Å². The van der Waals surface area contributed by atoms with Crippen LogP contribution in [-0.4, -0.2) is 54.6 Å². The van der Waals surface area contributed by atoms with E-state index in [0.29, 0.717) is 6.04 Å². The molecule has 1 atom stereocenters. The summed E-state index contributed by atoms with van der Waals surface area (Å²) in [6.07, 6.45) is 6.96. The van der Waals surface area contributed by atoms with Gasteiger partial charge in [-0.15, -0.1) is 0 Å². The van der Waals surface area contributed by atoms with Crippen molar-refractivity contribution in [2.45, 2.75) is 44.6 Å². The van der Waals surface area contributed by atoms with Crippen molar-refractivity contribution in [3.8, 4) is 0 Å². The third kappa shape index (κ3) is 3.88. The molecule has 1 N–H and O–H groups in total. The highest BCUT2D eigenvalue weighted by atomic mass is 16.4. The van der Waals surface area contributed by atoms with Crippen molar-refractivity contribution >= 4 is 23.0 Å². The molecule has 3 fully saturated rings. The Morgan fingerprint density at radius 1 is 1.11 bits per heavy atom. The summed E-state index contributed by atoms with van der Waals surface area (Å²) in [5.74, 6) is 1.20. The summed E-state index contributed by atoms with van der Waals surface area (Å²) in [4.78, 5) is 22.0. The van der Waals surface area contributed by atoms with Crippen LogP contribution in [0.1, 0.15) is 38.5 Å². The smallest absolute Gasteiger partial charge is 0.298 e. The van der Waals surface area contributed by atoms with Gasteiger partial charge in [0.1, 0.15) is 5.52 Å². The van der Waals surface area contributed by atoms with Crippen LogP contribution in [0.15, 0.2) is 28.7 Å². The highest BCUT2D eigenvalue weighted by molar-refractivity contribution is 5.79. The number of rotatable bonds is 5. The Labute approximate surface area is 166 Å². The first-order valence-corrected chi connectivity index (χ1v) is 10.9. The van der Waals surface area contributed by atoms with Crippen molar-refractivity contribution < 1.29 is 9.21 Å². The molecule has 1 aromatic heterocycles. The largest absolute Gasteiger partial charge is 0.423 e. The molecule has 1 saturated carbocycles. The van der Waals surface area contributed by atoms with Gasteiger partial charge in [0.2, 0.25) is 5.91 Å². The quantitative estimate of drug-likeness (QED) is 0.861. The number of aromatic nitrogens is 1. The van der Waals surface area contributed by atoms with Crippen molar-refractivity contribution in [3.63, 3.8) is 0 Å². The molecule has 1 aromatic carbocycles. The zero-order chi connectivity index (χ0) is 18.9. The number of amides is 1. The molecule has 6 heteroatoms. The molecule has 2 aliphatic heterocycles. The number of carbonyl (C=O) groups excluding carboxylic acids is 1. The number of nitrogens with zero attached hydrogens (tertiary/aromatic N) is 3. The normalized spacial score (nSPS) is 24.6. The Kier molecular flexibility index (Phi) is 4.97. The van der Waals surface area contributed by atoms with E-state index in [9.17, 15) is 4.79 Å². The van der Waals surface area contributed by atoms with Gasteiger partial charge in [-0.05, 0) is 63.1 Å². The predicted molar refractivity (Wildman–Crippen MR) is 109 cm³/mol. The Balaban J connectivity index is 1.15. The number of fused-ring (bicyclic) bond motifs is 1. The van der Waals surface area contributed by atoms with Gasteiger partial charge in [-0.3, -0.25) is 9.69 Å². The Morgan fingerprint density at radius 2 is 1.93 bits per heavy atom. The molecule has 5 rings (SSSR count). The number of benzene rings is 1. The van der Waals surface area contributed by atoms with Crippen LogP contribution in [0.25, 0.3) is 11.1 Å². The van der Waals surface area contributed by atoms with E-state index in [0.717, 1.165) is 81.4 Å². The molecular weight excluding hydrogens is 352 g/mol. The molecule has 1 amide bonds. The molecular formula is C22H30N4O2. The van der Waals surface area contributed by atoms with E-state index < -0.39 is 0 Å². The highest BCUT2D eigenvalue weighted by Gasteiger charge is 2.33. The van der Waals surface area contributed by atoms with Crippen LogP contribution >= 0.6 is 0 Å². The van der Waals surface area contributed by atoms with E-state index in [1.54, 1.807) is 0 Å². The van der Waals surface area contributed by atoms with Gasteiger partial charge in [0.05, 0.1) is 5.92 Å². The van der Waals surface area contributed by atoms with E-state index in [1.165, 1.54) is 12.8 Å². The van der Waals surface area contributed by atoms with Crippen LogP contribution in [0.2, 0.25) is 0 Å². The lowest BCUT2D eigenvalue weighted by Crippen LogP contribution is -2.51. The number of piperidine rings is 2. The van der Waals surface area contributed by atoms with Gasteiger partial charge in [-0.25, -0.2) is 0 Å². The fourth-order valence-electron chi connectivity index (χ4n) is 4.68. The second-order valence-corrected chi connectivity index (χ2v) is 8.71. The Bertz CT molecular complexity index is 790. The van der Waals surface area contributed by atoms with E-state index >= 15 is 0 Å². The van der Waals surface area contributed by atoms with Crippen molar-refractivity contribution in [2.75, 3.05) is 37.6 Å². The van der Waals surface area contributed by atoms with E-state index in [-0.39, 0.29) is 11.8 Å². The molecule has 0 radical (unpaired) electrons. The summed E-state index contributed by atoms with van der Waals surface area (Å²) in [6.45, 7) is 4.86. The van der Waals surface area contributed by atoms with E-state index in [2.05, 4.69) is 20.1 Å². The third-order valence-electron chi connectivity index (χ3n) is 6.62. The minimum absolute atomic E-state index is 0.169. The zero-order valence-corrected chi connectivity index (χ0v) is 16.5. The number of likely N-dealkylation sites (tertiary alicyclic amines) is 1. The zero-order valence-electron chi connectivity index (χ0n) is 16.5. The molecule has 6 nitrogen and oxygen atoms in total. The van der Waals surface area contributed by atoms with Gasteiger partial charge in [0, 0.05) is 32.2 Å². The standard InChI is InChI=1S/C22H30N4O2/c27-21(23-14-16-7-8-16)17-4-3-11-26(15-17)18-9-12-25(13-10-18)22-24-19-5-1-2-6-20(19)28-22/h1-2,5-6,16-18H,3-4,7-15H2,(H,23,27)/t17-/m1/s1. The maximum absolute atomic E-state index is 12.5. The fourth-order valence-corrected chi connectivity index (χ4v) is 4.68. The van der Waals surface area contributed by atoms with Gasteiger partial charge in [0.15, 0.2) is 5.58 Å². The lowest BCUT2D eigenvalue weighted by atomic mass is 9.93. The number of anilines is 1. The monoisotopic (exact) mass is 382 g/mol. The Hall–Kier alpha value is -2.08. The van der Waals surface area contributed by atoms with Crippen LogP contribution in [0, 0.1) is 11.8 Å². The molecule has 2 saturated heterocycles. The number of nitrogens with one attached hydrogen (secondary N) is 1. The summed E-state index contributed by atoms with van der Waals surface area (Å²) < 4.78 is 5.94. The van der Waals surface area contributed by atoms with Crippen LogP contribution in [0.3, 0.4) is 0 Å². The van der Waals surface area contributed by atoms with Crippen molar-refractivity contribution in [1.82, 2.24) is 15.2 Å². The van der Waals surface area contributed by atoms with Gasteiger partial charge < -0.3 is 14.6 Å². The van der Waals surface area contributed by atoms with E-state index in [4.69, 9.17) is 4.42 Å². The molecule has 0 spiro atoms. The number of carbonyl (C=O) groups is 1. The first-order chi connectivity index (χ1) is 13.8. The van der Waals surface area contributed by atoms with Gasteiger partial charge in [-0.2, -0.15) is 4.98 Å². The molecule has 150 valence electrons. The molecule has 0 bridgehead atoms.